The third-order valence-electron chi connectivity index (χ3n) is 4.41. The summed E-state index contributed by atoms with van der Waals surface area (Å²) in [5.41, 5.74) is 2.49. The molecule has 1 aliphatic rings. The van der Waals surface area contributed by atoms with Gasteiger partial charge in [0, 0.05) is 30.6 Å². The van der Waals surface area contributed by atoms with Gasteiger partial charge in [0.2, 0.25) is 0 Å². The zero-order chi connectivity index (χ0) is 17.9. The summed E-state index contributed by atoms with van der Waals surface area (Å²) in [6.45, 7) is 3.17. The molecule has 4 rings (SSSR count). The summed E-state index contributed by atoms with van der Waals surface area (Å²) in [6.07, 6.45) is -0.100. The normalized spacial score (nSPS) is 18.2. The van der Waals surface area contributed by atoms with Crippen LogP contribution in [-0.4, -0.2) is 29.6 Å². The predicted molar refractivity (Wildman–Crippen MR) is 97.9 cm³/mol. The Balaban J connectivity index is 1.47. The van der Waals surface area contributed by atoms with Crippen molar-refractivity contribution in [2.75, 3.05) is 19.7 Å². The van der Waals surface area contributed by atoms with Crippen LogP contribution < -0.4 is 0 Å². The fourth-order valence-corrected chi connectivity index (χ4v) is 3.93. The summed E-state index contributed by atoms with van der Waals surface area (Å²) in [4.78, 5) is 6.94. The van der Waals surface area contributed by atoms with Crippen molar-refractivity contribution in [1.82, 2.24) is 9.88 Å². The van der Waals surface area contributed by atoms with E-state index in [1.54, 1.807) is 6.07 Å². The zero-order valence-electron chi connectivity index (χ0n) is 14.1. The smallest absolute Gasteiger partial charge is 0.159 e. The van der Waals surface area contributed by atoms with Gasteiger partial charge in [0.05, 0.1) is 12.3 Å². The number of hydrogen-bond donors (Lipinski definition) is 0. The topological polar surface area (TPSA) is 25.4 Å². The van der Waals surface area contributed by atoms with Crippen LogP contribution in [0.15, 0.2) is 53.9 Å². The predicted octanol–water partition coefficient (Wildman–Crippen LogP) is 4.66. The molecule has 3 nitrogen and oxygen atoms in total. The summed E-state index contributed by atoms with van der Waals surface area (Å²) in [5, 5.41) is 2.73. The fraction of sp³-hybridized carbons (Fsp3) is 0.250. The van der Waals surface area contributed by atoms with Crippen molar-refractivity contribution in [1.29, 1.82) is 0 Å². The number of aromatic nitrogens is 1. The maximum Gasteiger partial charge on any atom is 0.159 e. The van der Waals surface area contributed by atoms with Crippen molar-refractivity contribution in [3.63, 3.8) is 0 Å². The number of thiazole rings is 1. The fourth-order valence-electron chi connectivity index (χ4n) is 3.06. The standard InChI is InChI=1S/C20H18F2N2OS/c21-16-7-6-15(10-17(16)22)18-13-26-20(23-18)19-12-24(8-9-25-19)11-14-4-2-1-3-5-14/h1-7,10,13,19H,8-9,11-12H2. The van der Waals surface area contributed by atoms with Crippen LogP contribution in [-0.2, 0) is 11.3 Å². The first-order valence-electron chi connectivity index (χ1n) is 8.48. The van der Waals surface area contributed by atoms with Crippen LogP contribution in [0.1, 0.15) is 16.7 Å². The highest BCUT2D eigenvalue weighted by Crippen LogP contribution is 2.30. The van der Waals surface area contributed by atoms with Crippen molar-refractivity contribution < 1.29 is 13.5 Å². The summed E-state index contributed by atoms with van der Waals surface area (Å²) in [6, 6.07) is 14.2. The first-order chi connectivity index (χ1) is 12.7. The molecule has 134 valence electrons. The molecule has 2 heterocycles. The van der Waals surface area contributed by atoms with E-state index in [9.17, 15) is 8.78 Å². The molecule has 1 fully saturated rings. The lowest BCUT2D eigenvalue weighted by atomic mass is 10.1. The third-order valence-corrected chi connectivity index (χ3v) is 5.35. The Kier molecular flexibility index (Phi) is 5.06. The van der Waals surface area contributed by atoms with Crippen LogP contribution in [0.5, 0.6) is 0 Å². The minimum atomic E-state index is -0.861. The molecule has 1 aliphatic heterocycles. The van der Waals surface area contributed by atoms with E-state index >= 15 is 0 Å². The number of halogens is 2. The minimum Gasteiger partial charge on any atom is -0.368 e. The van der Waals surface area contributed by atoms with Gasteiger partial charge >= 0.3 is 0 Å². The monoisotopic (exact) mass is 372 g/mol. The highest BCUT2D eigenvalue weighted by Gasteiger charge is 2.24. The Bertz CT molecular complexity index is 885. The molecule has 1 aromatic heterocycles. The molecule has 0 radical (unpaired) electrons. The van der Waals surface area contributed by atoms with E-state index in [2.05, 4.69) is 22.0 Å². The molecule has 0 bridgehead atoms. The van der Waals surface area contributed by atoms with Gasteiger partial charge in [0.15, 0.2) is 11.6 Å². The molecule has 1 unspecified atom stereocenters. The van der Waals surface area contributed by atoms with E-state index in [1.165, 1.54) is 23.0 Å². The first kappa shape index (κ1) is 17.3. The Morgan fingerprint density at radius 2 is 1.96 bits per heavy atom. The number of nitrogens with zero attached hydrogens (tertiary/aromatic N) is 2. The molecular weight excluding hydrogens is 354 g/mol. The SMILES string of the molecule is Fc1ccc(-c2csc(C3CN(Cc4ccccc4)CCO3)n2)cc1F. The van der Waals surface area contributed by atoms with Crippen molar-refractivity contribution in [2.45, 2.75) is 12.6 Å². The van der Waals surface area contributed by atoms with Crippen molar-refractivity contribution in [3.05, 3.63) is 76.1 Å². The highest BCUT2D eigenvalue weighted by molar-refractivity contribution is 7.10. The Morgan fingerprint density at radius 1 is 1.12 bits per heavy atom. The van der Waals surface area contributed by atoms with Gasteiger partial charge < -0.3 is 4.74 Å². The lowest BCUT2D eigenvalue weighted by molar-refractivity contribution is -0.0329. The number of ether oxygens (including phenoxy) is 1. The van der Waals surface area contributed by atoms with Gasteiger partial charge in [-0.1, -0.05) is 30.3 Å². The minimum absolute atomic E-state index is 0.100. The maximum absolute atomic E-state index is 13.5. The van der Waals surface area contributed by atoms with Crippen LogP contribution in [0.25, 0.3) is 11.3 Å². The van der Waals surface area contributed by atoms with Gasteiger partial charge in [-0.05, 0) is 23.8 Å². The molecule has 0 saturated carbocycles. The molecule has 0 amide bonds. The highest BCUT2D eigenvalue weighted by atomic mass is 32.1. The summed E-state index contributed by atoms with van der Waals surface area (Å²) < 4.78 is 32.5. The summed E-state index contributed by atoms with van der Waals surface area (Å²) in [5.74, 6) is -1.71. The van der Waals surface area contributed by atoms with Crippen LogP contribution in [0.3, 0.4) is 0 Å². The average Bonchev–Trinajstić information content (AvgIpc) is 3.15. The quantitative estimate of drug-likeness (QED) is 0.666. The lowest BCUT2D eigenvalue weighted by Gasteiger charge is -2.32. The number of hydrogen-bond acceptors (Lipinski definition) is 4. The number of rotatable bonds is 4. The molecule has 6 heteroatoms. The van der Waals surface area contributed by atoms with Gasteiger partial charge in [0.25, 0.3) is 0 Å². The number of morpholine rings is 1. The second-order valence-corrected chi connectivity index (χ2v) is 7.17. The van der Waals surface area contributed by atoms with Crippen LogP contribution in [0, 0.1) is 11.6 Å². The van der Waals surface area contributed by atoms with Crippen molar-refractivity contribution >= 4 is 11.3 Å². The summed E-state index contributed by atoms with van der Waals surface area (Å²) in [7, 11) is 0. The molecule has 3 aromatic rings. The number of benzene rings is 2. The molecule has 0 spiro atoms. The van der Waals surface area contributed by atoms with Gasteiger partial charge in [-0.3, -0.25) is 4.90 Å². The van der Waals surface area contributed by atoms with Crippen molar-refractivity contribution in [3.8, 4) is 11.3 Å². The van der Waals surface area contributed by atoms with E-state index in [4.69, 9.17) is 4.74 Å². The van der Waals surface area contributed by atoms with E-state index in [0.717, 1.165) is 30.7 Å². The van der Waals surface area contributed by atoms with E-state index in [0.29, 0.717) is 17.9 Å². The molecule has 1 saturated heterocycles. The van der Waals surface area contributed by atoms with Crippen LogP contribution in [0.4, 0.5) is 8.78 Å². The van der Waals surface area contributed by atoms with Crippen molar-refractivity contribution in [2.24, 2.45) is 0 Å². The lowest BCUT2D eigenvalue weighted by Crippen LogP contribution is -2.37. The van der Waals surface area contributed by atoms with E-state index < -0.39 is 11.6 Å². The van der Waals surface area contributed by atoms with Crippen LogP contribution >= 0.6 is 11.3 Å². The zero-order valence-corrected chi connectivity index (χ0v) is 14.9. The maximum atomic E-state index is 13.5. The molecule has 0 N–H and O–H groups in total. The van der Waals surface area contributed by atoms with Gasteiger partial charge in [0.1, 0.15) is 11.1 Å². The van der Waals surface area contributed by atoms with Gasteiger partial charge in [-0.15, -0.1) is 11.3 Å². The molecule has 1 atom stereocenters. The summed E-state index contributed by atoms with van der Waals surface area (Å²) >= 11 is 1.49. The Labute approximate surface area is 154 Å². The Hall–Kier alpha value is -2.15. The van der Waals surface area contributed by atoms with E-state index in [1.807, 2.05) is 23.6 Å². The first-order valence-corrected chi connectivity index (χ1v) is 9.36. The molecule has 0 aliphatic carbocycles. The molecule has 26 heavy (non-hydrogen) atoms. The second kappa shape index (κ2) is 7.61. The Morgan fingerprint density at radius 3 is 2.77 bits per heavy atom. The van der Waals surface area contributed by atoms with Crippen LogP contribution in [0.2, 0.25) is 0 Å². The molecular formula is C20H18F2N2OS. The second-order valence-electron chi connectivity index (χ2n) is 6.28. The largest absolute Gasteiger partial charge is 0.368 e. The molecule has 2 aromatic carbocycles. The van der Waals surface area contributed by atoms with E-state index in [-0.39, 0.29) is 6.10 Å². The average molecular weight is 372 g/mol. The third kappa shape index (κ3) is 3.82. The van der Waals surface area contributed by atoms with Gasteiger partial charge in [-0.25, -0.2) is 13.8 Å². The van der Waals surface area contributed by atoms with Gasteiger partial charge in [-0.2, -0.15) is 0 Å².